The van der Waals surface area contributed by atoms with Gasteiger partial charge < -0.3 is 0 Å². The third-order valence-electron chi connectivity index (χ3n) is 3.59. The SMILES string of the molecule is CCCC(C)c1ccc(C=Nc2ccc(C#N)cc2)cc1. The van der Waals surface area contributed by atoms with Crippen molar-refractivity contribution in [3.63, 3.8) is 0 Å². The Hall–Kier alpha value is -2.40. The van der Waals surface area contributed by atoms with Crippen LogP contribution in [0.5, 0.6) is 0 Å². The van der Waals surface area contributed by atoms with E-state index in [4.69, 9.17) is 5.26 Å². The van der Waals surface area contributed by atoms with Gasteiger partial charge in [0, 0.05) is 6.21 Å². The number of aliphatic imine (C=N–C) groups is 1. The molecule has 2 heteroatoms. The van der Waals surface area contributed by atoms with Crippen LogP contribution in [0.25, 0.3) is 0 Å². The van der Waals surface area contributed by atoms with E-state index in [1.54, 1.807) is 12.1 Å². The van der Waals surface area contributed by atoms with Crippen molar-refractivity contribution in [2.75, 3.05) is 0 Å². The Morgan fingerprint density at radius 2 is 1.76 bits per heavy atom. The van der Waals surface area contributed by atoms with Gasteiger partial charge in [0.15, 0.2) is 0 Å². The van der Waals surface area contributed by atoms with Gasteiger partial charge in [-0.25, -0.2) is 0 Å². The van der Waals surface area contributed by atoms with Crippen LogP contribution in [0, 0.1) is 11.3 Å². The molecule has 0 N–H and O–H groups in total. The van der Waals surface area contributed by atoms with E-state index in [9.17, 15) is 0 Å². The highest BCUT2D eigenvalue weighted by Crippen LogP contribution is 2.20. The Labute approximate surface area is 126 Å². The fourth-order valence-corrected chi connectivity index (χ4v) is 2.28. The average molecular weight is 276 g/mol. The summed E-state index contributed by atoms with van der Waals surface area (Å²) in [5.41, 5.74) is 3.99. The van der Waals surface area contributed by atoms with Crippen LogP contribution in [-0.4, -0.2) is 6.21 Å². The summed E-state index contributed by atoms with van der Waals surface area (Å²) in [5, 5.41) is 8.76. The topological polar surface area (TPSA) is 36.1 Å². The molecular weight excluding hydrogens is 256 g/mol. The van der Waals surface area contributed by atoms with Gasteiger partial charge in [-0.05, 0) is 47.7 Å². The van der Waals surface area contributed by atoms with E-state index in [1.165, 1.54) is 18.4 Å². The molecule has 2 nitrogen and oxygen atoms in total. The summed E-state index contributed by atoms with van der Waals surface area (Å²) in [7, 11) is 0. The third-order valence-corrected chi connectivity index (χ3v) is 3.59. The molecule has 0 spiro atoms. The fourth-order valence-electron chi connectivity index (χ4n) is 2.28. The van der Waals surface area contributed by atoms with Crippen molar-refractivity contribution >= 4 is 11.9 Å². The molecule has 1 atom stereocenters. The van der Waals surface area contributed by atoms with Crippen molar-refractivity contribution in [2.45, 2.75) is 32.6 Å². The highest BCUT2D eigenvalue weighted by atomic mass is 14.7. The summed E-state index contributed by atoms with van der Waals surface area (Å²) in [6.07, 6.45) is 4.29. The molecule has 2 aromatic carbocycles. The summed E-state index contributed by atoms with van der Waals surface area (Å²) >= 11 is 0. The monoisotopic (exact) mass is 276 g/mol. The first-order valence-electron chi connectivity index (χ1n) is 7.37. The van der Waals surface area contributed by atoms with Gasteiger partial charge in [0.2, 0.25) is 0 Å². The van der Waals surface area contributed by atoms with Crippen LogP contribution in [0.4, 0.5) is 5.69 Å². The number of hydrogen-bond donors (Lipinski definition) is 0. The summed E-state index contributed by atoms with van der Waals surface area (Å²) in [4.78, 5) is 4.43. The summed E-state index contributed by atoms with van der Waals surface area (Å²) < 4.78 is 0. The van der Waals surface area contributed by atoms with E-state index in [-0.39, 0.29) is 0 Å². The van der Waals surface area contributed by atoms with Crippen molar-refractivity contribution in [3.8, 4) is 6.07 Å². The third kappa shape index (κ3) is 4.29. The maximum absolute atomic E-state index is 8.76. The summed E-state index contributed by atoms with van der Waals surface area (Å²) in [6.45, 7) is 4.48. The molecule has 0 aliphatic rings. The molecule has 0 saturated heterocycles. The molecule has 2 rings (SSSR count). The first kappa shape index (κ1) is 15.0. The predicted molar refractivity (Wildman–Crippen MR) is 88.2 cm³/mol. The molecule has 106 valence electrons. The maximum atomic E-state index is 8.76. The van der Waals surface area contributed by atoms with E-state index in [0.29, 0.717) is 11.5 Å². The first-order valence-corrected chi connectivity index (χ1v) is 7.37. The number of nitriles is 1. The number of rotatable bonds is 5. The second kappa shape index (κ2) is 7.40. The van der Waals surface area contributed by atoms with Crippen LogP contribution in [0.1, 0.15) is 49.3 Å². The number of nitrogens with zero attached hydrogens (tertiary/aromatic N) is 2. The molecule has 0 radical (unpaired) electrons. The first-order chi connectivity index (χ1) is 10.2. The predicted octanol–water partition coefficient (Wildman–Crippen LogP) is 5.21. The standard InChI is InChI=1S/C19H20N2/c1-3-4-15(2)18-9-5-17(6-10-18)14-21-19-11-7-16(13-20)8-12-19/h5-12,14-15H,3-4H2,1-2H3. The summed E-state index contributed by atoms with van der Waals surface area (Å²) in [5.74, 6) is 0.611. The molecule has 1 unspecified atom stereocenters. The molecule has 0 saturated carbocycles. The van der Waals surface area contributed by atoms with Gasteiger partial charge in [-0.1, -0.05) is 44.5 Å². The van der Waals surface area contributed by atoms with Crippen LogP contribution >= 0.6 is 0 Å². The van der Waals surface area contributed by atoms with Crippen LogP contribution in [-0.2, 0) is 0 Å². The lowest BCUT2D eigenvalue weighted by Crippen LogP contribution is -1.93. The van der Waals surface area contributed by atoms with Crippen molar-refractivity contribution in [2.24, 2.45) is 4.99 Å². The van der Waals surface area contributed by atoms with E-state index >= 15 is 0 Å². The van der Waals surface area contributed by atoms with E-state index < -0.39 is 0 Å². The van der Waals surface area contributed by atoms with Crippen LogP contribution in [0.15, 0.2) is 53.5 Å². The maximum Gasteiger partial charge on any atom is 0.0991 e. The van der Waals surface area contributed by atoms with E-state index in [2.05, 4.69) is 49.2 Å². The lowest BCUT2D eigenvalue weighted by Gasteiger charge is -2.10. The smallest absolute Gasteiger partial charge is 0.0991 e. The molecule has 0 bridgehead atoms. The van der Waals surface area contributed by atoms with Gasteiger partial charge in [-0.2, -0.15) is 5.26 Å². The number of benzene rings is 2. The highest BCUT2D eigenvalue weighted by molar-refractivity contribution is 5.82. The van der Waals surface area contributed by atoms with E-state index in [1.807, 2.05) is 18.3 Å². The van der Waals surface area contributed by atoms with Crippen LogP contribution < -0.4 is 0 Å². The Bertz CT molecular complexity index is 631. The second-order valence-electron chi connectivity index (χ2n) is 5.27. The molecule has 0 fully saturated rings. The van der Waals surface area contributed by atoms with Crippen molar-refractivity contribution < 1.29 is 0 Å². The van der Waals surface area contributed by atoms with Crippen LogP contribution in [0.2, 0.25) is 0 Å². The second-order valence-corrected chi connectivity index (χ2v) is 5.27. The van der Waals surface area contributed by atoms with Gasteiger partial charge in [0.25, 0.3) is 0 Å². The molecule has 21 heavy (non-hydrogen) atoms. The summed E-state index contributed by atoms with van der Waals surface area (Å²) in [6, 6.07) is 17.9. The fraction of sp³-hybridized carbons (Fsp3) is 0.263. The van der Waals surface area contributed by atoms with Crippen molar-refractivity contribution in [1.29, 1.82) is 5.26 Å². The molecule has 0 heterocycles. The lowest BCUT2D eigenvalue weighted by atomic mass is 9.96. The van der Waals surface area contributed by atoms with Gasteiger partial charge in [0.05, 0.1) is 17.3 Å². The molecule has 2 aromatic rings. The highest BCUT2D eigenvalue weighted by Gasteiger charge is 2.03. The molecule has 0 aliphatic heterocycles. The van der Waals surface area contributed by atoms with Gasteiger partial charge >= 0.3 is 0 Å². The Morgan fingerprint density at radius 1 is 1.10 bits per heavy atom. The van der Waals surface area contributed by atoms with Crippen molar-refractivity contribution in [1.82, 2.24) is 0 Å². The quantitative estimate of drug-likeness (QED) is 0.690. The molecule has 0 aromatic heterocycles. The minimum Gasteiger partial charge on any atom is -0.256 e. The lowest BCUT2D eigenvalue weighted by molar-refractivity contribution is 0.665. The molecule has 0 aliphatic carbocycles. The van der Waals surface area contributed by atoms with Crippen molar-refractivity contribution in [3.05, 3.63) is 65.2 Å². The largest absolute Gasteiger partial charge is 0.256 e. The Balaban J connectivity index is 2.05. The van der Waals surface area contributed by atoms with Crippen LogP contribution in [0.3, 0.4) is 0 Å². The molecule has 0 amide bonds. The van der Waals surface area contributed by atoms with E-state index in [0.717, 1.165) is 11.3 Å². The minimum absolute atomic E-state index is 0.611. The normalized spacial score (nSPS) is 12.2. The van der Waals surface area contributed by atoms with Gasteiger partial charge in [-0.3, -0.25) is 4.99 Å². The average Bonchev–Trinajstić information content (AvgIpc) is 2.54. The zero-order valence-corrected chi connectivity index (χ0v) is 12.6. The van der Waals surface area contributed by atoms with Gasteiger partial charge in [0.1, 0.15) is 0 Å². The zero-order chi connectivity index (χ0) is 15.1. The Kier molecular flexibility index (Phi) is 5.29. The number of hydrogen-bond acceptors (Lipinski definition) is 2. The zero-order valence-electron chi connectivity index (χ0n) is 12.6. The molecular formula is C19H20N2. The minimum atomic E-state index is 0.611. The Morgan fingerprint density at radius 3 is 2.33 bits per heavy atom. The van der Waals surface area contributed by atoms with Gasteiger partial charge in [-0.15, -0.1) is 0 Å².